The molecule has 2 aromatic rings. The number of ketones is 1. The molecule has 0 bridgehead atoms. The Morgan fingerprint density at radius 2 is 1.90 bits per heavy atom. The quantitative estimate of drug-likeness (QED) is 0.603. The van der Waals surface area contributed by atoms with Crippen LogP contribution in [0.5, 0.6) is 0 Å². The van der Waals surface area contributed by atoms with E-state index in [0.717, 1.165) is 0 Å². The monoisotopic (exact) mass is 292 g/mol. The van der Waals surface area contributed by atoms with Crippen LogP contribution in [0, 0.1) is 5.82 Å². The molecule has 0 aliphatic rings. The summed E-state index contributed by atoms with van der Waals surface area (Å²) < 4.78 is 18.2. The molecule has 0 unspecified atom stereocenters. The summed E-state index contributed by atoms with van der Waals surface area (Å²) in [5, 5.41) is 1.81. The number of rotatable bonds is 6. The van der Waals surface area contributed by atoms with Gasteiger partial charge in [-0.25, -0.2) is 4.39 Å². The lowest BCUT2D eigenvalue weighted by atomic mass is 10.2. The van der Waals surface area contributed by atoms with Gasteiger partial charge in [0.15, 0.2) is 5.78 Å². The molecule has 104 valence electrons. The van der Waals surface area contributed by atoms with Crippen LogP contribution in [0.3, 0.4) is 0 Å². The van der Waals surface area contributed by atoms with Crippen molar-refractivity contribution in [2.75, 3.05) is 0 Å². The predicted molar refractivity (Wildman–Crippen MR) is 74.1 cm³/mol. The summed E-state index contributed by atoms with van der Waals surface area (Å²) in [4.78, 5) is 23.8. The standard InChI is InChI=1S/C15H13FO3S/c16-12-5-2-1-4-11(12)10-19-15(18)8-7-13(17)14-6-3-9-20-14/h1-6,9H,7-8,10H2. The molecule has 1 aromatic carbocycles. The molecule has 1 aromatic heterocycles. The highest BCUT2D eigenvalue weighted by molar-refractivity contribution is 7.12. The zero-order valence-corrected chi connectivity index (χ0v) is 11.5. The number of halogens is 1. The first kappa shape index (κ1) is 14.4. The third-order valence-corrected chi connectivity index (χ3v) is 3.61. The minimum Gasteiger partial charge on any atom is -0.461 e. The van der Waals surface area contributed by atoms with Crippen molar-refractivity contribution in [3.63, 3.8) is 0 Å². The van der Waals surface area contributed by atoms with Gasteiger partial charge in [-0.15, -0.1) is 11.3 Å². The smallest absolute Gasteiger partial charge is 0.306 e. The van der Waals surface area contributed by atoms with E-state index in [1.54, 1.807) is 30.3 Å². The van der Waals surface area contributed by atoms with Crippen LogP contribution in [0.4, 0.5) is 4.39 Å². The molecule has 0 atom stereocenters. The second-order valence-electron chi connectivity index (χ2n) is 4.15. The molecule has 0 aliphatic heterocycles. The Morgan fingerprint density at radius 1 is 1.10 bits per heavy atom. The minimum atomic E-state index is -0.502. The topological polar surface area (TPSA) is 43.4 Å². The zero-order chi connectivity index (χ0) is 14.4. The van der Waals surface area contributed by atoms with E-state index in [0.29, 0.717) is 10.4 Å². The van der Waals surface area contributed by atoms with Crippen LogP contribution in [0.15, 0.2) is 41.8 Å². The number of benzene rings is 1. The number of hydrogen-bond acceptors (Lipinski definition) is 4. The van der Waals surface area contributed by atoms with Crippen molar-refractivity contribution in [3.8, 4) is 0 Å². The number of carbonyl (C=O) groups excluding carboxylic acids is 2. The Hall–Kier alpha value is -2.01. The van der Waals surface area contributed by atoms with Crippen molar-refractivity contribution in [1.82, 2.24) is 0 Å². The fraction of sp³-hybridized carbons (Fsp3) is 0.200. The lowest BCUT2D eigenvalue weighted by molar-refractivity contribution is -0.144. The van der Waals surface area contributed by atoms with Crippen molar-refractivity contribution in [2.24, 2.45) is 0 Å². The number of thiophene rings is 1. The van der Waals surface area contributed by atoms with Gasteiger partial charge in [0.05, 0.1) is 11.3 Å². The van der Waals surface area contributed by atoms with E-state index < -0.39 is 11.8 Å². The van der Waals surface area contributed by atoms with Crippen molar-refractivity contribution < 1.29 is 18.7 Å². The van der Waals surface area contributed by atoms with Gasteiger partial charge in [0, 0.05) is 12.0 Å². The van der Waals surface area contributed by atoms with E-state index in [9.17, 15) is 14.0 Å². The summed E-state index contributed by atoms with van der Waals surface area (Å²) in [6.45, 7) is -0.112. The van der Waals surface area contributed by atoms with Crippen LogP contribution in [-0.2, 0) is 16.1 Å². The molecule has 0 fully saturated rings. The molecule has 0 spiro atoms. The van der Waals surface area contributed by atoms with E-state index in [4.69, 9.17) is 4.74 Å². The molecule has 0 saturated carbocycles. The molecule has 0 amide bonds. The molecule has 0 aliphatic carbocycles. The average molecular weight is 292 g/mol. The number of hydrogen-bond donors (Lipinski definition) is 0. The minimum absolute atomic E-state index is 0.00514. The molecular formula is C15H13FO3S. The molecule has 5 heteroatoms. The number of esters is 1. The van der Waals surface area contributed by atoms with Gasteiger partial charge in [0.1, 0.15) is 12.4 Å². The van der Waals surface area contributed by atoms with Crippen LogP contribution in [-0.4, -0.2) is 11.8 Å². The van der Waals surface area contributed by atoms with Gasteiger partial charge in [0.25, 0.3) is 0 Å². The Balaban J connectivity index is 1.76. The zero-order valence-electron chi connectivity index (χ0n) is 10.7. The Kier molecular flexibility index (Phi) is 5.01. The maximum absolute atomic E-state index is 13.3. The largest absolute Gasteiger partial charge is 0.461 e. The summed E-state index contributed by atoms with van der Waals surface area (Å²) >= 11 is 1.34. The first-order valence-corrected chi connectivity index (χ1v) is 7.00. The fourth-order valence-electron chi connectivity index (χ4n) is 1.62. The van der Waals surface area contributed by atoms with Gasteiger partial charge in [-0.3, -0.25) is 9.59 Å². The Morgan fingerprint density at radius 3 is 2.60 bits per heavy atom. The highest BCUT2D eigenvalue weighted by Crippen LogP contribution is 2.13. The van der Waals surface area contributed by atoms with Gasteiger partial charge < -0.3 is 4.74 Å². The molecule has 2 rings (SSSR count). The summed E-state index contributed by atoms with van der Waals surface area (Å²) in [5.74, 6) is -0.990. The third-order valence-electron chi connectivity index (χ3n) is 2.70. The summed E-state index contributed by atoms with van der Waals surface area (Å²) in [7, 11) is 0. The second kappa shape index (κ2) is 6.96. The van der Waals surface area contributed by atoms with Crippen LogP contribution >= 0.6 is 11.3 Å². The van der Waals surface area contributed by atoms with E-state index >= 15 is 0 Å². The molecule has 0 saturated heterocycles. The SMILES string of the molecule is O=C(CCC(=O)c1cccs1)OCc1ccccc1F. The van der Waals surface area contributed by atoms with Crippen LogP contribution < -0.4 is 0 Å². The summed E-state index contributed by atoms with van der Waals surface area (Å²) in [6.07, 6.45) is 0.113. The van der Waals surface area contributed by atoms with Gasteiger partial charge in [-0.2, -0.15) is 0 Å². The Labute approximate surface area is 120 Å². The van der Waals surface area contributed by atoms with Crippen LogP contribution in [0.1, 0.15) is 28.1 Å². The normalized spacial score (nSPS) is 10.2. The van der Waals surface area contributed by atoms with Crippen molar-refractivity contribution in [2.45, 2.75) is 19.4 Å². The summed E-state index contributed by atoms with van der Waals surface area (Å²) in [6, 6.07) is 9.61. The summed E-state index contributed by atoms with van der Waals surface area (Å²) in [5.41, 5.74) is 0.324. The van der Waals surface area contributed by atoms with Crippen LogP contribution in [0.25, 0.3) is 0 Å². The van der Waals surface area contributed by atoms with E-state index in [1.807, 2.05) is 5.38 Å². The van der Waals surface area contributed by atoms with E-state index in [-0.39, 0.29) is 25.2 Å². The fourth-order valence-corrected chi connectivity index (χ4v) is 2.32. The molecular weight excluding hydrogens is 279 g/mol. The maximum atomic E-state index is 13.3. The average Bonchev–Trinajstić information content (AvgIpc) is 2.98. The van der Waals surface area contributed by atoms with Gasteiger partial charge in [-0.1, -0.05) is 24.3 Å². The molecule has 0 radical (unpaired) electrons. The highest BCUT2D eigenvalue weighted by Gasteiger charge is 2.11. The lowest BCUT2D eigenvalue weighted by Gasteiger charge is -2.05. The third kappa shape index (κ3) is 3.99. The van der Waals surface area contributed by atoms with Crippen LogP contribution in [0.2, 0.25) is 0 Å². The van der Waals surface area contributed by atoms with E-state index in [1.165, 1.54) is 17.4 Å². The van der Waals surface area contributed by atoms with Crippen molar-refractivity contribution >= 4 is 23.1 Å². The number of carbonyl (C=O) groups is 2. The first-order chi connectivity index (χ1) is 9.66. The molecule has 20 heavy (non-hydrogen) atoms. The number of ether oxygens (including phenoxy) is 1. The number of Topliss-reactive ketones (excluding diaryl/α,β-unsaturated/α-hetero) is 1. The van der Waals surface area contributed by atoms with Gasteiger partial charge in [-0.05, 0) is 17.5 Å². The lowest BCUT2D eigenvalue weighted by Crippen LogP contribution is -2.08. The van der Waals surface area contributed by atoms with Gasteiger partial charge >= 0.3 is 5.97 Å². The molecule has 1 heterocycles. The predicted octanol–water partition coefficient (Wildman–Crippen LogP) is 3.59. The molecule has 0 N–H and O–H groups in total. The first-order valence-electron chi connectivity index (χ1n) is 6.12. The van der Waals surface area contributed by atoms with E-state index in [2.05, 4.69) is 0 Å². The molecule has 3 nitrogen and oxygen atoms in total. The van der Waals surface area contributed by atoms with Crippen molar-refractivity contribution in [1.29, 1.82) is 0 Å². The second-order valence-corrected chi connectivity index (χ2v) is 5.10. The highest BCUT2D eigenvalue weighted by atomic mass is 32.1. The maximum Gasteiger partial charge on any atom is 0.306 e. The van der Waals surface area contributed by atoms with Gasteiger partial charge in [0.2, 0.25) is 0 Å². The Bertz CT molecular complexity index is 593. The van der Waals surface area contributed by atoms with Crippen molar-refractivity contribution in [3.05, 3.63) is 58.0 Å².